The molecule has 0 amide bonds. The minimum Gasteiger partial charge on any atom is -0.381 e. The number of nitrogens with one attached hydrogen (secondary N) is 1. The third kappa shape index (κ3) is 4.52. The van der Waals surface area contributed by atoms with Gasteiger partial charge in [0.25, 0.3) is 0 Å². The van der Waals surface area contributed by atoms with Crippen LogP contribution in [0.25, 0.3) is 0 Å². The van der Waals surface area contributed by atoms with Crippen molar-refractivity contribution in [2.24, 2.45) is 5.92 Å². The molecule has 0 spiro atoms. The SMILES string of the molecule is CC1CCN(S(=O)(=O)c2ccc(NCc3ccc(Cl)cc3Cl)cc2)CC1. The zero-order valence-electron chi connectivity index (χ0n) is 14.6. The van der Waals surface area contributed by atoms with E-state index in [0.717, 1.165) is 24.1 Å². The number of sulfonamides is 1. The Bertz CT molecular complexity index is 862. The molecule has 0 unspecified atom stereocenters. The highest BCUT2D eigenvalue weighted by Crippen LogP contribution is 2.25. The molecular weight excluding hydrogens is 391 g/mol. The highest BCUT2D eigenvalue weighted by atomic mass is 35.5. The highest BCUT2D eigenvalue weighted by molar-refractivity contribution is 7.89. The molecule has 2 aromatic rings. The number of benzene rings is 2. The molecule has 1 saturated heterocycles. The van der Waals surface area contributed by atoms with Crippen molar-refractivity contribution in [1.82, 2.24) is 4.31 Å². The number of hydrogen-bond donors (Lipinski definition) is 1. The lowest BCUT2D eigenvalue weighted by molar-refractivity contribution is 0.288. The van der Waals surface area contributed by atoms with Crippen LogP contribution in [0.4, 0.5) is 5.69 Å². The molecule has 0 aliphatic carbocycles. The van der Waals surface area contributed by atoms with E-state index >= 15 is 0 Å². The first-order valence-electron chi connectivity index (χ1n) is 8.64. The van der Waals surface area contributed by atoms with Crippen LogP contribution in [0.5, 0.6) is 0 Å². The molecule has 4 nitrogen and oxygen atoms in total. The third-order valence-corrected chi connectivity index (χ3v) is 7.23. The van der Waals surface area contributed by atoms with Crippen LogP contribution in [0, 0.1) is 5.92 Å². The molecule has 1 fully saturated rings. The molecule has 0 radical (unpaired) electrons. The van der Waals surface area contributed by atoms with Gasteiger partial charge in [-0.2, -0.15) is 4.31 Å². The first-order chi connectivity index (χ1) is 12.4. The van der Waals surface area contributed by atoms with Gasteiger partial charge < -0.3 is 5.32 Å². The summed E-state index contributed by atoms with van der Waals surface area (Å²) in [5.74, 6) is 0.590. The molecule has 0 aromatic heterocycles. The van der Waals surface area contributed by atoms with Gasteiger partial charge in [0.05, 0.1) is 4.90 Å². The van der Waals surface area contributed by atoms with E-state index in [2.05, 4.69) is 12.2 Å². The Kier molecular flexibility index (Phi) is 6.13. The Morgan fingerprint density at radius 1 is 1.08 bits per heavy atom. The number of hydrogen-bond acceptors (Lipinski definition) is 3. The molecule has 0 saturated carbocycles. The van der Waals surface area contributed by atoms with E-state index < -0.39 is 10.0 Å². The zero-order valence-corrected chi connectivity index (χ0v) is 16.9. The lowest BCUT2D eigenvalue weighted by atomic mass is 10.0. The Morgan fingerprint density at radius 2 is 1.73 bits per heavy atom. The van der Waals surface area contributed by atoms with Crippen LogP contribution in [-0.4, -0.2) is 25.8 Å². The van der Waals surface area contributed by atoms with E-state index in [1.807, 2.05) is 6.07 Å². The minimum atomic E-state index is -3.41. The summed E-state index contributed by atoms with van der Waals surface area (Å²) in [5.41, 5.74) is 1.76. The van der Waals surface area contributed by atoms with Crippen molar-refractivity contribution in [1.29, 1.82) is 0 Å². The van der Waals surface area contributed by atoms with Gasteiger partial charge in [0.15, 0.2) is 0 Å². The highest BCUT2D eigenvalue weighted by Gasteiger charge is 2.27. The van der Waals surface area contributed by atoms with Crippen molar-refractivity contribution in [2.75, 3.05) is 18.4 Å². The van der Waals surface area contributed by atoms with Crippen LogP contribution in [0.3, 0.4) is 0 Å². The normalized spacial score (nSPS) is 16.6. The monoisotopic (exact) mass is 412 g/mol. The molecule has 1 N–H and O–H groups in total. The fraction of sp³-hybridized carbons (Fsp3) is 0.368. The molecule has 0 bridgehead atoms. The fourth-order valence-electron chi connectivity index (χ4n) is 2.98. The average Bonchev–Trinajstić information content (AvgIpc) is 2.62. The predicted molar refractivity (Wildman–Crippen MR) is 107 cm³/mol. The lowest BCUT2D eigenvalue weighted by Crippen LogP contribution is -2.37. The van der Waals surface area contributed by atoms with Gasteiger partial charge in [-0.3, -0.25) is 0 Å². The van der Waals surface area contributed by atoms with Crippen molar-refractivity contribution in [3.8, 4) is 0 Å². The number of nitrogens with zero attached hydrogens (tertiary/aromatic N) is 1. The number of rotatable bonds is 5. The molecule has 1 heterocycles. The number of anilines is 1. The van der Waals surface area contributed by atoms with Crippen LogP contribution in [0.2, 0.25) is 10.0 Å². The third-order valence-electron chi connectivity index (χ3n) is 4.73. The first-order valence-corrected chi connectivity index (χ1v) is 10.8. The standard InChI is InChI=1S/C19H22Cl2N2O2S/c1-14-8-10-23(11-9-14)26(24,25)18-6-4-17(5-7-18)22-13-15-2-3-16(20)12-19(15)21/h2-7,12,14,22H,8-11,13H2,1H3. The molecule has 2 aromatic carbocycles. The van der Waals surface area contributed by atoms with E-state index in [4.69, 9.17) is 23.2 Å². The summed E-state index contributed by atoms with van der Waals surface area (Å²) in [6.07, 6.45) is 1.83. The van der Waals surface area contributed by atoms with Gasteiger partial charge in [0.2, 0.25) is 10.0 Å². The van der Waals surface area contributed by atoms with Crippen LogP contribution < -0.4 is 5.32 Å². The van der Waals surface area contributed by atoms with Crippen LogP contribution in [0.1, 0.15) is 25.3 Å². The summed E-state index contributed by atoms with van der Waals surface area (Å²) in [4.78, 5) is 0.335. The second-order valence-electron chi connectivity index (χ2n) is 6.70. The lowest BCUT2D eigenvalue weighted by Gasteiger charge is -2.29. The van der Waals surface area contributed by atoms with Gasteiger partial charge in [0.1, 0.15) is 0 Å². The Labute approximate surface area is 165 Å². The van der Waals surface area contributed by atoms with Gasteiger partial charge in [-0.05, 0) is 60.7 Å². The molecule has 0 atom stereocenters. The maximum Gasteiger partial charge on any atom is 0.243 e. The van der Waals surface area contributed by atoms with E-state index in [9.17, 15) is 8.42 Å². The smallest absolute Gasteiger partial charge is 0.243 e. The molecule has 3 rings (SSSR count). The Morgan fingerprint density at radius 3 is 2.35 bits per heavy atom. The minimum absolute atomic E-state index is 0.335. The van der Waals surface area contributed by atoms with E-state index in [0.29, 0.717) is 40.5 Å². The topological polar surface area (TPSA) is 49.4 Å². The average molecular weight is 413 g/mol. The van der Waals surface area contributed by atoms with Gasteiger partial charge in [0, 0.05) is 35.4 Å². The molecule has 26 heavy (non-hydrogen) atoms. The fourth-order valence-corrected chi connectivity index (χ4v) is 4.93. The second kappa shape index (κ2) is 8.17. The van der Waals surface area contributed by atoms with Crippen LogP contribution >= 0.6 is 23.2 Å². The molecular formula is C19H22Cl2N2O2S. The molecule has 1 aliphatic rings. The quantitative estimate of drug-likeness (QED) is 0.748. The number of piperidine rings is 1. The van der Waals surface area contributed by atoms with E-state index in [1.165, 1.54) is 0 Å². The van der Waals surface area contributed by atoms with Crippen molar-refractivity contribution in [3.05, 3.63) is 58.1 Å². The Balaban J connectivity index is 1.66. The summed E-state index contributed by atoms with van der Waals surface area (Å²) in [6.45, 7) is 3.89. The zero-order chi connectivity index (χ0) is 18.7. The first kappa shape index (κ1) is 19.5. The van der Waals surface area contributed by atoms with Gasteiger partial charge in [-0.25, -0.2) is 8.42 Å². The van der Waals surface area contributed by atoms with Gasteiger partial charge in [-0.15, -0.1) is 0 Å². The number of halogens is 2. The van der Waals surface area contributed by atoms with Gasteiger partial charge >= 0.3 is 0 Å². The predicted octanol–water partition coefficient (Wildman–Crippen LogP) is 5.03. The maximum atomic E-state index is 12.7. The summed E-state index contributed by atoms with van der Waals surface area (Å²) >= 11 is 12.1. The van der Waals surface area contributed by atoms with Crippen LogP contribution in [0.15, 0.2) is 47.4 Å². The maximum absolute atomic E-state index is 12.7. The molecule has 7 heteroatoms. The van der Waals surface area contributed by atoms with Crippen molar-refractivity contribution in [2.45, 2.75) is 31.2 Å². The van der Waals surface area contributed by atoms with Crippen LogP contribution in [-0.2, 0) is 16.6 Å². The molecule has 1 aliphatic heterocycles. The summed E-state index contributed by atoms with van der Waals surface area (Å²) in [7, 11) is -3.41. The van der Waals surface area contributed by atoms with E-state index in [1.54, 1.807) is 40.7 Å². The Hall–Kier alpha value is -1.27. The summed E-state index contributed by atoms with van der Waals surface area (Å²) < 4.78 is 27.1. The van der Waals surface area contributed by atoms with Crippen molar-refractivity contribution < 1.29 is 8.42 Å². The van der Waals surface area contributed by atoms with Crippen molar-refractivity contribution in [3.63, 3.8) is 0 Å². The second-order valence-corrected chi connectivity index (χ2v) is 9.48. The van der Waals surface area contributed by atoms with E-state index in [-0.39, 0.29) is 0 Å². The van der Waals surface area contributed by atoms with Gasteiger partial charge in [-0.1, -0.05) is 36.2 Å². The summed E-state index contributed by atoms with van der Waals surface area (Å²) in [6, 6.07) is 12.2. The van der Waals surface area contributed by atoms with Crippen molar-refractivity contribution >= 4 is 38.9 Å². The largest absolute Gasteiger partial charge is 0.381 e. The molecule has 140 valence electrons. The summed E-state index contributed by atoms with van der Waals surface area (Å²) in [5, 5.41) is 4.45.